The molecule has 38 heavy (non-hydrogen) atoms. The molecular formula is C25H28O13. The fourth-order valence-electron chi connectivity index (χ4n) is 4.26. The number of fused-ring (bicyclic) bond motifs is 1. The minimum Gasteiger partial charge on any atom is -0.504 e. The van der Waals surface area contributed by atoms with E-state index < -0.39 is 42.7 Å². The van der Waals surface area contributed by atoms with Crippen LogP contribution >= 0.6 is 0 Å². The van der Waals surface area contributed by atoms with Gasteiger partial charge < -0.3 is 58.4 Å². The standard InChI is InChI=1S/C25H28O13/c1-32-15-8-14(37-25-20(31)19(30)18(29)16(9-26)38-25)17-12(28)7-13(36-24(17)23(15)35-4)10-5-6-11(27)22(34-3)21(10)33-2/h5-8,16,18-20,25-27,29-31H,9H2,1-4H3/t16-,18-,19+,20+,25-/m1/s1. The number of ether oxygens (including phenoxy) is 6. The van der Waals surface area contributed by atoms with Crippen molar-refractivity contribution in [3.8, 4) is 45.8 Å². The number of aromatic hydroxyl groups is 1. The van der Waals surface area contributed by atoms with Crippen molar-refractivity contribution in [1.29, 1.82) is 0 Å². The van der Waals surface area contributed by atoms with Crippen molar-refractivity contribution in [3.63, 3.8) is 0 Å². The summed E-state index contributed by atoms with van der Waals surface area (Å²) in [5, 5.41) is 50.1. The quantitative estimate of drug-likeness (QED) is 0.266. The first-order valence-corrected chi connectivity index (χ1v) is 11.3. The Morgan fingerprint density at radius 3 is 2.13 bits per heavy atom. The third-order valence-corrected chi connectivity index (χ3v) is 6.17. The van der Waals surface area contributed by atoms with Gasteiger partial charge in [-0.2, -0.15) is 0 Å². The number of aliphatic hydroxyl groups excluding tert-OH is 4. The SMILES string of the molecule is COc1cc(O[C@@H]2O[C@H](CO)[C@@H](O)[C@H](O)[C@@H]2O)c2c(=O)cc(-c3ccc(O)c(OC)c3OC)oc2c1OC. The molecule has 1 aliphatic rings. The van der Waals surface area contributed by atoms with E-state index in [1.54, 1.807) is 0 Å². The fraction of sp³-hybridized carbons (Fsp3) is 0.400. The largest absolute Gasteiger partial charge is 0.504 e. The van der Waals surface area contributed by atoms with Crippen LogP contribution in [-0.2, 0) is 4.74 Å². The number of phenols is 1. The molecule has 0 amide bonds. The molecule has 0 saturated carbocycles. The van der Waals surface area contributed by atoms with Gasteiger partial charge in [-0.3, -0.25) is 4.79 Å². The van der Waals surface area contributed by atoms with E-state index in [4.69, 9.17) is 32.8 Å². The van der Waals surface area contributed by atoms with Gasteiger partial charge in [0.25, 0.3) is 0 Å². The molecule has 0 spiro atoms. The maximum absolute atomic E-state index is 13.5. The molecule has 0 bridgehead atoms. The van der Waals surface area contributed by atoms with Gasteiger partial charge in [0.15, 0.2) is 28.3 Å². The van der Waals surface area contributed by atoms with Gasteiger partial charge in [-0.25, -0.2) is 0 Å². The summed E-state index contributed by atoms with van der Waals surface area (Å²) in [7, 11) is 5.38. The summed E-state index contributed by atoms with van der Waals surface area (Å²) in [6.45, 7) is -0.666. The average Bonchev–Trinajstić information content (AvgIpc) is 2.92. The topological polar surface area (TPSA) is 187 Å². The van der Waals surface area contributed by atoms with Crippen LogP contribution in [0.3, 0.4) is 0 Å². The summed E-state index contributed by atoms with van der Waals surface area (Å²) in [6.07, 6.45) is -7.83. The number of phenolic OH excluding ortho intramolecular Hbond substituents is 1. The highest BCUT2D eigenvalue weighted by Crippen LogP contribution is 2.46. The lowest BCUT2D eigenvalue weighted by atomic mass is 9.99. The van der Waals surface area contributed by atoms with Crippen LogP contribution in [0.1, 0.15) is 0 Å². The highest BCUT2D eigenvalue weighted by molar-refractivity contribution is 5.92. The van der Waals surface area contributed by atoms with Crippen molar-refractivity contribution in [1.82, 2.24) is 0 Å². The van der Waals surface area contributed by atoms with Crippen LogP contribution in [-0.4, -0.2) is 91.3 Å². The van der Waals surface area contributed by atoms with Crippen molar-refractivity contribution in [2.24, 2.45) is 0 Å². The van der Waals surface area contributed by atoms with Crippen molar-refractivity contribution in [2.75, 3.05) is 35.0 Å². The highest BCUT2D eigenvalue weighted by atomic mass is 16.7. The Kier molecular flexibility index (Phi) is 7.85. The van der Waals surface area contributed by atoms with Crippen molar-refractivity contribution < 1.29 is 58.4 Å². The van der Waals surface area contributed by atoms with Crippen LogP contribution in [0.4, 0.5) is 0 Å². The first-order valence-electron chi connectivity index (χ1n) is 11.3. The summed E-state index contributed by atoms with van der Waals surface area (Å²) in [4.78, 5) is 13.5. The molecule has 3 aromatic rings. The summed E-state index contributed by atoms with van der Waals surface area (Å²) in [5.74, 6) is -0.0414. The zero-order valence-electron chi connectivity index (χ0n) is 20.9. The van der Waals surface area contributed by atoms with Gasteiger partial charge in [0.1, 0.15) is 41.3 Å². The summed E-state index contributed by atoms with van der Waals surface area (Å²) < 4.78 is 38.7. The van der Waals surface area contributed by atoms with E-state index in [0.29, 0.717) is 0 Å². The second kappa shape index (κ2) is 10.9. The molecule has 2 heterocycles. The zero-order chi connectivity index (χ0) is 27.7. The third-order valence-electron chi connectivity index (χ3n) is 6.17. The lowest BCUT2D eigenvalue weighted by Crippen LogP contribution is -2.60. The van der Waals surface area contributed by atoms with E-state index in [-0.39, 0.29) is 56.8 Å². The molecular weight excluding hydrogens is 508 g/mol. The molecule has 0 unspecified atom stereocenters. The minimum atomic E-state index is -1.73. The lowest BCUT2D eigenvalue weighted by Gasteiger charge is -2.39. The molecule has 1 aliphatic heterocycles. The molecule has 4 rings (SSSR count). The Bertz CT molecular complexity index is 1370. The molecule has 13 nitrogen and oxygen atoms in total. The van der Waals surface area contributed by atoms with Crippen molar-refractivity contribution >= 4 is 11.0 Å². The van der Waals surface area contributed by atoms with E-state index in [2.05, 4.69) is 0 Å². The number of methoxy groups -OCH3 is 4. The van der Waals surface area contributed by atoms with Gasteiger partial charge in [-0.15, -0.1) is 0 Å². The van der Waals surface area contributed by atoms with Gasteiger partial charge >= 0.3 is 0 Å². The van der Waals surface area contributed by atoms with Gasteiger partial charge in [0.05, 0.1) is 40.6 Å². The zero-order valence-corrected chi connectivity index (χ0v) is 20.9. The van der Waals surface area contributed by atoms with Crippen LogP contribution in [0.15, 0.2) is 33.5 Å². The monoisotopic (exact) mass is 536 g/mol. The predicted molar refractivity (Wildman–Crippen MR) is 130 cm³/mol. The number of hydrogen-bond acceptors (Lipinski definition) is 13. The molecule has 2 aromatic carbocycles. The molecule has 13 heteroatoms. The van der Waals surface area contributed by atoms with Crippen molar-refractivity contribution in [3.05, 3.63) is 34.5 Å². The van der Waals surface area contributed by atoms with Crippen LogP contribution in [0, 0.1) is 0 Å². The number of hydrogen-bond donors (Lipinski definition) is 5. The molecule has 0 radical (unpaired) electrons. The normalized spacial score (nSPS) is 23.2. The second-order valence-corrected chi connectivity index (χ2v) is 8.30. The summed E-state index contributed by atoms with van der Waals surface area (Å²) in [5.41, 5.74) is -0.415. The molecule has 0 aliphatic carbocycles. The molecule has 5 atom stereocenters. The smallest absolute Gasteiger partial charge is 0.229 e. The molecule has 5 N–H and O–H groups in total. The Morgan fingerprint density at radius 1 is 0.842 bits per heavy atom. The van der Waals surface area contributed by atoms with Gasteiger partial charge in [-0.1, -0.05) is 0 Å². The number of benzene rings is 2. The van der Waals surface area contributed by atoms with E-state index in [0.717, 1.165) is 6.07 Å². The Balaban J connectivity index is 1.91. The maximum atomic E-state index is 13.5. The molecule has 1 saturated heterocycles. The van der Waals surface area contributed by atoms with Crippen molar-refractivity contribution in [2.45, 2.75) is 30.7 Å². The van der Waals surface area contributed by atoms with Crippen LogP contribution in [0.5, 0.6) is 34.5 Å². The second-order valence-electron chi connectivity index (χ2n) is 8.30. The average molecular weight is 536 g/mol. The van der Waals surface area contributed by atoms with Gasteiger partial charge in [-0.05, 0) is 12.1 Å². The van der Waals surface area contributed by atoms with Crippen LogP contribution in [0.25, 0.3) is 22.3 Å². The Hall–Kier alpha value is -3.75. The fourth-order valence-corrected chi connectivity index (χ4v) is 4.26. The van der Waals surface area contributed by atoms with Gasteiger partial charge in [0.2, 0.25) is 17.8 Å². The minimum absolute atomic E-state index is 0.0250. The predicted octanol–water partition coefficient (Wildman–Crippen LogP) is 0.379. The summed E-state index contributed by atoms with van der Waals surface area (Å²) in [6, 6.07) is 5.28. The maximum Gasteiger partial charge on any atom is 0.229 e. The molecule has 1 fully saturated rings. The van der Waals surface area contributed by atoms with E-state index in [1.807, 2.05) is 0 Å². The highest BCUT2D eigenvalue weighted by Gasteiger charge is 2.45. The summed E-state index contributed by atoms with van der Waals surface area (Å²) >= 11 is 0. The van der Waals surface area contributed by atoms with E-state index in [9.17, 15) is 30.3 Å². The Labute approximate surface area is 215 Å². The number of rotatable bonds is 8. The van der Waals surface area contributed by atoms with Crippen LogP contribution in [0.2, 0.25) is 0 Å². The van der Waals surface area contributed by atoms with Crippen LogP contribution < -0.4 is 29.1 Å². The van der Waals surface area contributed by atoms with E-state index >= 15 is 0 Å². The molecule has 1 aromatic heterocycles. The number of aliphatic hydroxyl groups is 4. The first-order chi connectivity index (χ1) is 18.2. The third kappa shape index (κ3) is 4.54. The lowest BCUT2D eigenvalue weighted by molar-refractivity contribution is -0.277. The Morgan fingerprint density at radius 2 is 1.53 bits per heavy atom. The first kappa shape index (κ1) is 27.3. The van der Waals surface area contributed by atoms with Gasteiger partial charge in [0, 0.05) is 12.1 Å². The molecule has 206 valence electrons. The van der Waals surface area contributed by atoms with E-state index in [1.165, 1.54) is 46.6 Å².